The highest BCUT2D eigenvalue weighted by Gasteiger charge is 2.24. The number of hydrogen-bond acceptors (Lipinski definition) is 3. The Morgan fingerprint density at radius 1 is 1.24 bits per heavy atom. The van der Waals surface area contributed by atoms with E-state index in [1.807, 2.05) is 0 Å². The van der Waals surface area contributed by atoms with Crippen molar-refractivity contribution in [1.82, 2.24) is 4.98 Å². The van der Waals surface area contributed by atoms with E-state index in [9.17, 15) is 12.8 Å². The Morgan fingerprint density at radius 2 is 1.90 bits per heavy atom. The van der Waals surface area contributed by atoms with Crippen LogP contribution in [0.5, 0.6) is 0 Å². The van der Waals surface area contributed by atoms with Crippen molar-refractivity contribution in [3.8, 4) is 0 Å². The zero-order valence-electron chi connectivity index (χ0n) is 11.1. The minimum absolute atomic E-state index is 0.0967. The lowest BCUT2D eigenvalue weighted by molar-refractivity contribution is 0.583. The minimum Gasteiger partial charge on any atom is -0.278 e. The smallest absolute Gasteiger partial charge is 0.263 e. The summed E-state index contributed by atoms with van der Waals surface area (Å²) in [6, 6.07) is 3.91. The van der Waals surface area contributed by atoms with Crippen LogP contribution in [0.3, 0.4) is 0 Å². The summed E-state index contributed by atoms with van der Waals surface area (Å²) in [5, 5.41) is 0.397. The average molecular weight is 349 g/mol. The lowest BCUT2D eigenvalue weighted by Crippen LogP contribution is -2.15. The van der Waals surface area contributed by atoms with Gasteiger partial charge in [-0.05, 0) is 43.2 Å². The molecule has 112 valence electrons. The van der Waals surface area contributed by atoms with Crippen LogP contribution in [0, 0.1) is 19.8 Å². The van der Waals surface area contributed by atoms with Crippen molar-refractivity contribution >= 4 is 38.9 Å². The fourth-order valence-corrected chi connectivity index (χ4v) is 4.03. The Kier molecular flexibility index (Phi) is 4.41. The molecule has 8 heteroatoms. The second-order valence-corrected chi connectivity index (χ2v) is 6.82. The first-order valence-electron chi connectivity index (χ1n) is 5.82. The average Bonchev–Trinajstić information content (AvgIpc) is 2.39. The van der Waals surface area contributed by atoms with E-state index in [1.165, 1.54) is 6.07 Å². The number of nitrogens with zero attached hydrogens (tertiary/aromatic N) is 1. The van der Waals surface area contributed by atoms with Gasteiger partial charge in [0.25, 0.3) is 10.0 Å². The fourth-order valence-electron chi connectivity index (χ4n) is 1.78. The van der Waals surface area contributed by atoms with E-state index in [0.29, 0.717) is 16.1 Å². The molecule has 1 aromatic heterocycles. The van der Waals surface area contributed by atoms with Gasteiger partial charge in [-0.1, -0.05) is 23.2 Å². The lowest BCUT2D eigenvalue weighted by Gasteiger charge is -2.14. The number of sulfonamides is 1. The number of anilines is 1. The molecule has 0 bridgehead atoms. The third-order valence-corrected chi connectivity index (χ3v) is 5.38. The van der Waals surface area contributed by atoms with Crippen LogP contribution in [-0.2, 0) is 10.0 Å². The van der Waals surface area contributed by atoms with Crippen molar-refractivity contribution in [2.24, 2.45) is 0 Å². The number of aromatic nitrogens is 1. The molecular weight excluding hydrogens is 338 g/mol. The van der Waals surface area contributed by atoms with Gasteiger partial charge < -0.3 is 0 Å². The predicted molar refractivity (Wildman–Crippen MR) is 80.9 cm³/mol. The summed E-state index contributed by atoms with van der Waals surface area (Å²) in [5.74, 6) is -0.703. The molecule has 0 fully saturated rings. The van der Waals surface area contributed by atoms with Crippen LogP contribution >= 0.6 is 23.2 Å². The molecule has 0 aliphatic carbocycles. The highest BCUT2D eigenvalue weighted by atomic mass is 35.5. The van der Waals surface area contributed by atoms with Crippen LogP contribution in [0.1, 0.15) is 11.1 Å². The molecule has 0 amide bonds. The van der Waals surface area contributed by atoms with Crippen LogP contribution in [0.4, 0.5) is 10.1 Å². The van der Waals surface area contributed by atoms with E-state index < -0.39 is 16.0 Å². The first-order chi connectivity index (χ1) is 9.72. The van der Waals surface area contributed by atoms with Gasteiger partial charge >= 0.3 is 0 Å². The monoisotopic (exact) mass is 348 g/mol. The van der Waals surface area contributed by atoms with Crippen molar-refractivity contribution in [3.05, 3.63) is 51.5 Å². The van der Waals surface area contributed by atoms with E-state index in [-0.39, 0.29) is 15.6 Å². The normalized spacial score (nSPS) is 11.5. The molecule has 0 atom stereocenters. The van der Waals surface area contributed by atoms with Gasteiger partial charge in [-0.3, -0.25) is 4.72 Å². The Morgan fingerprint density at radius 3 is 2.48 bits per heavy atom. The zero-order chi connectivity index (χ0) is 15.8. The van der Waals surface area contributed by atoms with Crippen LogP contribution in [0.15, 0.2) is 29.3 Å². The van der Waals surface area contributed by atoms with Crippen LogP contribution < -0.4 is 4.72 Å². The molecule has 0 aliphatic heterocycles. The molecule has 2 rings (SSSR count). The van der Waals surface area contributed by atoms with Gasteiger partial charge in [-0.25, -0.2) is 13.4 Å². The molecule has 21 heavy (non-hydrogen) atoms. The SMILES string of the molecule is Cc1cc(Cl)c(C)c(S(=O)(=O)Nc2ccc(F)nc2)c1Cl. The van der Waals surface area contributed by atoms with Crippen molar-refractivity contribution in [2.45, 2.75) is 18.7 Å². The fraction of sp³-hybridized carbons (Fsp3) is 0.154. The number of rotatable bonds is 3. The van der Waals surface area contributed by atoms with Gasteiger partial charge in [-0.15, -0.1) is 0 Å². The first-order valence-corrected chi connectivity index (χ1v) is 8.06. The molecular formula is C13H11Cl2FN2O2S. The van der Waals surface area contributed by atoms with E-state index in [1.54, 1.807) is 19.9 Å². The third kappa shape index (κ3) is 3.28. The quantitative estimate of drug-likeness (QED) is 0.854. The molecule has 4 nitrogen and oxygen atoms in total. The van der Waals surface area contributed by atoms with Crippen molar-refractivity contribution in [2.75, 3.05) is 4.72 Å². The van der Waals surface area contributed by atoms with E-state index >= 15 is 0 Å². The second kappa shape index (κ2) is 5.79. The molecule has 1 N–H and O–H groups in total. The molecule has 0 radical (unpaired) electrons. The topological polar surface area (TPSA) is 59.1 Å². The number of aryl methyl sites for hydroxylation is 1. The Bertz CT molecular complexity index is 767. The maximum atomic E-state index is 12.7. The molecule has 0 aliphatic rings. The summed E-state index contributed by atoms with van der Waals surface area (Å²) >= 11 is 12.1. The van der Waals surface area contributed by atoms with Gasteiger partial charge in [0.2, 0.25) is 5.95 Å². The number of pyridine rings is 1. The Hall–Kier alpha value is -1.37. The van der Waals surface area contributed by atoms with Gasteiger partial charge in [0.1, 0.15) is 4.90 Å². The van der Waals surface area contributed by atoms with Crippen molar-refractivity contribution in [3.63, 3.8) is 0 Å². The highest BCUT2D eigenvalue weighted by Crippen LogP contribution is 2.34. The lowest BCUT2D eigenvalue weighted by atomic mass is 10.2. The van der Waals surface area contributed by atoms with E-state index in [0.717, 1.165) is 12.3 Å². The molecule has 0 saturated carbocycles. The number of nitrogens with one attached hydrogen (secondary N) is 1. The Labute approximate surface area is 132 Å². The van der Waals surface area contributed by atoms with E-state index in [2.05, 4.69) is 9.71 Å². The molecule has 0 spiro atoms. The molecule has 2 aromatic rings. The summed E-state index contributed by atoms with van der Waals surface area (Å²) < 4.78 is 40.0. The van der Waals surface area contributed by atoms with Crippen LogP contribution in [-0.4, -0.2) is 13.4 Å². The summed E-state index contributed by atoms with van der Waals surface area (Å²) in [6.45, 7) is 3.22. The molecule has 1 aromatic carbocycles. The number of hydrogen-bond donors (Lipinski definition) is 1. The zero-order valence-corrected chi connectivity index (χ0v) is 13.4. The summed E-state index contributed by atoms with van der Waals surface area (Å²) in [6.07, 6.45) is 1.08. The number of halogens is 3. The largest absolute Gasteiger partial charge is 0.278 e. The first kappa shape index (κ1) is 16.0. The van der Waals surface area contributed by atoms with Crippen molar-refractivity contribution in [1.29, 1.82) is 0 Å². The van der Waals surface area contributed by atoms with Crippen LogP contribution in [0.2, 0.25) is 10.0 Å². The Balaban J connectivity index is 2.52. The highest BCUT2D eigenvalue weighted by molar-refractivity contribution is 7.93. The van der Waals surface area contributed by atoms with Crippen molar-refractivity contribution < 1.29 is 12.8 Å². The maximum Gasteiger partial charge on any atom is 0.263 e. The summed E-state index contributed by atoms with van der Waals surface area (Å²) in [5.41, 5.74) is 1.02. The molecule has 0 saturated heterocycles. The maximum absolute atomic E-state index is 12.7. The summed E-state index contributed by atoms with van der Waals surface area (Å²) in [4.78, 5) is 3.29. The summed E-state index contributed by atoms with van der Waals surface area (Å²) in [7, 11) is -3.96. The van der Waals surface area contributed by atoms with Gasteiger partial charge in [0, 0.05) is 5.02 Å². The molecule has 0 unspecified atom stereocenters. The van der Waals surface area contributed by atoms with Gasteiger partial charge in [0.05, 0.1) is 16.9 Å². The standard InChI is InChI=1S/C13H11Cl2FN2O2S/c1-7-5-10(14)8(2)13(12(7)15)21(19,20)18-9-3-4-11(16)17-6-9/h3-6,18H,1-2H3. The van der Waals surface area contributed by atoms with E-state index in [4.69, 9.17) is 23.2 Å². The van der Waals surface area contributed by atoms with Gasteiger partial charge in [0.15, 0.2) is 0 Å². The minimum atomic E-state index is -3.96. The molecule has 1 heterocycles. The third-order valence-electron chi connectivity index (χ3n) is 2.84. The van der Waals surface area contributed by atoms with Gasteiger partial charge in [-0.2, -0.15) is 4.39 Å². The second-order valence-electron chi connectivity index (χ2n) is 4.42. The predicted octanol–water partition coefficient (Wildman–Crippen LogP) is 3.95. The number of benzene rings is 1. The van der Waals surface area contributed by atoms with Crippen LogP contribution in [0.25, 0.3) is 0 Å².